The van der Waals surface area contributed by atoms with Crippen molar-refractivity contribution in [2.24, 2.45) is 0 Å². The van der Waals surface area contributed by atoms with Gasteiger partial charge in [0.05, 0.1) is 22.9 Å². The second-order valence-electron chi connectivity index (χ2n) is 5.44. The van der Waals surface area contributed by atoms with Crippen LogP contribution >= 0.6 is 11.6 Å². The summed E-state index contributed by atoms with van der Waals surface area (Å²) in [7, 11) is 0. The van der Waals surface area contributed by atoms with Gasteiger partial charge in [-0.05, 0) is 43.3 Å². The lowest BCUT2D eigenvalue weighted by Crippen LogP contribution is -2.13. The lowest BCUT2D eigenvalue weighted by atomic mass is 10.1. The molecule has 0 aliphatic carbocycles. The number of hydrogen-bond donors (Lipinski definition) is 1. The molecule has 7 heteroatoms. The number of carbonyl (C=O) groups is 1. The average molecular weight is 354 g/mol. The summed E-state index contributed by atoms with van der Waals surface area (Å²) in [5.41, 5.74) is 2.35. The average Bonchev–Trinajstić information content (AvgIpc) is 3.24. The van der Waals surface area contributed by atoms with E-state index in [1.165, 1.54) is 0 Å². The van der Waals surface area contributed by atoms with Gasteiger partial charge in [-0.25, -0.2) is 4.98 Å². The van der Waals surface area contributed by atoms with Crippen molar-refractivity contribution in [3.63, 3.8) is 0 Å². The molecule has 0 aliphatic heterocycles. The fourth-order valence-electron chi connectivity index (χ4n) is 2.59. The molecule has 4 aromatic rings. The van der Waals surface area contributed by atoms with Crippen LogP contribution in [0.2, 0.25) is 5.02 Å². The maximum atomic E-state index is 12.8. The van der Waals surface area contributed by atoms with Crippen molar-refractivity contribution in [3.8, 4) is 11.5 Å². The van der Waals surface area contributed by atoms with Crippen molar-refractivity contribution in [2.75, 3.05) is 5.32 Å². The number of anilines is 1. The molecule has 0 bridgehead atoms. The number of amides is 1. The van der Waals surface area contributed by atoms with Crippen LogP contribution in [0.3, 0.4) is 0 Å². The third-order valence-corrected chi connectivity index (χ3v) is 3.95. The van der Waals surface area contributed by atoms with Crippen LogP contribution < -0.4 is 5.32 Å². The molecule has 0 radical (unpaired) electrons. The smallest absolute Gasteiger partial charge is 0.259 e. The van der Waals surface area contributed by atoms with Crippen molar-refractivity contribution in [3.05, 3.63) is 65.0 Å². The molecule has 6 nitrogen and oxygen atoms in total. The van der Waals surface area contributed by atoms with Crippen molar-refractivity contribution in [1.29, 1.82) is 0 Å². The molecule has 0 fully saturated rings. The lowest BCUT2D eigenvalue weighted by Gasteiger charge is -2.08. The number of hydrogen-bond acceptors (Lipinski definition) is 5. The van der Waals surface area contributed by atoms with E-state index >= 15 is 0 Å². The molecule has 124 valence electrons. The fraction of sp³-hybridized carbons (Fsp3) is 0.0556. The van der Waals surface area contributed by atoms with Gasteiger partial charge >= 0.3 is 0 Å². The highest BCUT2D eigenvalue weighted by Crippen LogP contribution is 2.28. The van der Waals surface area contributed by atoms with Gasteiger partial charge in [0.15, 0.2) is 5.76 Å². The highest BCUT2D eigenvalue weighted by molar-refractivity contribution is 6.31. The minimum absolute atomic E-state index is 0.280. The first-order chi connectivity index (χ1) is 12.1. The summed E-state index contributed by atoms with van der Waals surface area (Å²) in [6.45, 7) is 1.76. The Labute approximate surface area is 147 Å². The summed E-state index contributed by atoms with van der Waals surface area (Å²) in [5.74, 6) is 0.224. The molecule has 0 saturated carbocycles. The van der Waals surface area contributed by atoms with Crippen molar-refractivity contribution >= 4 is 34.3 Å². The Balaban J connectivity index is 1.81. The lowest BCUT2D eigenvalue weighted by molar-refractivity contribution is 0.102. The fourth-order valence-corrected chi connectivity index (χ4v) is 2.78. The second kappa shape index (κ2) is 6.07. The van der Waals surface area contributed by atoms with E-state index in [-0.39, 0.29) is 11.6 Å². The van der Waals surface area contributed by atoms with Gasteiger partial charge in [-0.3, -0.25) is 4.79 Å². The van der Waals surface area contributed by atoms with E-state index in [9.17, 15) is 4.79 Å². The van der Waals surface area contributed by atoms with Crippen molar-refractivity contribution in [2.45, 2.75) is 6.92 Å². The first kappa shape index (κ1) is 15.4. The van der Waals surface area contributed by atoms with E-state index in [4.69, 9.17) is 20.5 Å². The van der Waals surface area contributed by atoms with Gasteiger partial charge in [-0.2, -0.15) is 0 Å². The van der Waals surface area contributed by atoms with Crippen LogP contribution in [0.4, 0.5) is 5.69 Å². The normalized spacial score (nSPS) is 11.0. The number of benzene rings is 1. The van der Waals surface area contributed by atoms with Crippen LogP contribution in [0.25, 0.3) is 22.6 Å². The highest BCUT2D eigenvalue weighted by atomic mass is 35.5. The molecule has 0 atom stereocenters. The summed E-state index contributed by atoms with van der Waals surface area (Å²) < 4.78 is 10.6. The number of nitrogens with zero attached hydrogens (tertiary/aromatic N) is 2. The zero-order valence-corrected chi connectivity index (χ0v) is 13.9. The van der Waals surface area contributed by atoms with E-state index in [0.717, 1.165) is 0 Å². The van der Waals surface area contributed by atoms with Gasteiger partial charge in [0, 0.05) is 10.7 Å². The molecule has 0 unspecified atom stereocenters. The van der Waals surface area contributed by atoms with Crippen LogP contribution in [0, 0.1) is 6.92 Å². The third kappa shape index (κ3) is 2.88. The Hall–Kier alpha value is -3.12. The quantitative estimate of drug-likeness (QED) is 0.577. The number of rotatable bonds is 3. The Morgan fingerprint density at radius 2 is 2.08 bits per heavy atom. The standard InChI is InChI=1S/C18H12ClN3O3/c1-10-16-13(17(23)20-12-5-2-4-11(19)8-12)9-14(15-6-3-7-24-15)21-18(16)25-22-10/h2-9H,1H3,(H,20,23). The SMILES string of the molecule is Cc1noc2nc(-c3ccco3)cc(C(=O)Nc3cccc(Cl)c3)c12. The number of pyridine rings is 1. The predicted molar refractivity (Wildman–Crippen MR) is 93.6 cm³/mol. The maximum Gasteiger partial charge on any atom is 0.259 e. The molecule has 3 heterocycles. The minimum Gasteiger partial charge on any atom is -0.463 e. The summed E-state index contributed by atoms with van der Waals surface area (Å²) in [6.07, 6.45) is 1.54. The van der Waals surface area contributed by atoms with Gasteiger partial charge in [0.2, 0.25) is 0 Å². The summed E-state index contributed by atoms with van der Waals surface area (Å²) in [6, 6.07) is 12.1. The Morgan fingerprint density at radius 3 is 2.84 bits per heavy atom. The zero-order chi connectivity index (χ0) is 17.4. The number of aryl methyl sites for hydroxylation is 1. The molecule has 25 heavy (non-hydrogen) atoms. The molecule has 1 N–H and O–H groups in total. The van der Waals surface area contributed by atoms with Crippen LogP contribution in [0.15, 0.2) is 57.7 Å². The minimum atomic E-state index is -0.311. The van der Waals surface area contributed by atoms with Crippen LogP contribution in [-0.4, -0.2) is 16.0 Å². The number of carbonyl (C=O) groups excluding carboxylic acids is 1. The number of nitrogens with one attached hydrogen (secondary N) is 1. The molecule has 1 aromatic carbocycles. The zero-order valence-electron chi connectivity index (χ0n) is 13.1. The maximum absolute atomic E-state index is 12.8. The third-order valence-electron chi connectivity index (χ3n) is 3.72. The Kier molecular flexibility index (Phi) is 3.74. The summed E-state index contributed by atoms with van der Waals surface area (Å²) in [5, 5.41) is 7.84. The predicted octanol–water partition coefficient (Wildman–Crippen LogP) is 4.70. The van der Waals surface area contributed by atoms with E-state index in [1.54, 1.807) is 55.7 Å². The summed E-state index contributed by atoms with van der Waals surface area (Å²) >= 11 is 5.97. The number of aromatic nitrogens is 2. The molecule has 0 aliphatic rings. The first-order valence-electron chi connectivity index (χ1n) is 7.49. The van der Waals surface area contributed by atoms with Gasteiger partial charge in [0.25, 0.3) is 11.6 Å². The van der Waals surface area contributed by atoms with Gasteiger partial charge < -0.3 is 14.3 Å². The molecular weight excluding hydrogens is 342 g/mol. The number of fused-ring (bicyclic) bond motifs is 1. The van der Waals surface area contributed by atoms with Crippen LogP contribution in [-0.2, 0) is 0 Å². The van der Waals surface area contributed by atoms with Crippen LogP contribution in [0.5, 0.6) is 0 Å². The van der Waals surface area contributed by atoms with E-state index < -0.39 is 0 Å². The Morgan fingerprint density at radius 1 is 1.20 bits per heavy atom. The van der Waals surface area contributed by atoms with Crippen molar-refractivity contribution < 1.29 is 13.7 Å². The van der Waals surface area contributed by atoms with Crippen LogP contribution in [0.1, 0.15) is 16.1 Å². The molecule has 1 amide bonds. The van der Waals surface area contributed by atoms with E-state index in [2.05, 4.69) is 15.5 Å². The Bertz CT molecular complexity index is 1070. The topological polar surface area (TPSA) is 81.2 Å². The van der Waals surface area contributed by atoms with Gasteiger partial charge in [-0.1, -0.05) is 22.8 Å². The highest BCUT2D eigenvalue weighted by Gasteiger charge is 2.20. The summed E-state index contributed by atoms with van der Waals surface area (Å²) in [4.78, 5) is 17.2. The van der Waals surface area contributed by atoms with E-state index in [1.807, 2.05) is 0 Å². The largest absolute Gasteiger partial charge is 0.463 e. The van der Waals surface area contributed by atoms with Gasteiger partial charge in [0.1, 0.15) is 5.69 Å². The van der Waals surface area contributed by atoms with Gasteiger partial charge in [-0.15, -0.1) is 0 Å². The first-order valence-corrected chi connectivity index (χ1v) is 7.87. The molecular formula is C18H12ClN3O3. The van der Waals surface area contributed by atoms with Crippen molar-refractivity contribution in [1.82, 2.24) is 10.1 Å². The van der Waals surface area contributed by atoms with E-state index in [0.29, 0.717) is 38.8 Å². The second-order valence-corrected chi connectivity index (χ2v) is 5.88. The molecule has 4 rings (SSSR count). The number of halogens is 1. The monoisotopic (exact) mass is 353 g/mol. The molecule has 0 spiro atoms. The number of furan rings is 1. The molecule has 0 saturated heterocycles. The molecule has 3 aromatic heterocycles.